The van der Waals surface area contributed by atoms with Gasteiger partial charge >= 0.3 is 0 Å². The van der Waals surface area contributed by atoms with Gasteiger partial charge in [0.05, 0.1) is 18.1 Å². The van der Waals surface area contributed by atoms with E-state index in [9.17, 15) is 18.0 Å². The molecule has 3 heterocycles. The average Bonchev–Trinajstić information content (AvgIpc) is 3.12. The van der Waals surface area contributed by atoms with Crippen LogP contribution >= 0.6 is 0 Å². The minimum Gasteiger partial charge on any atom is -0.464 e. The molecule has 23 heavy (non-hydrogen) atoms. The van der Waals surface area contributed by atoms with Crippen molar-refractivity contribution in [1.29, 1.82) is 0 Å². The fourth-order valence-corrected chi connectivity index (χ4v) is 4.82. The van der Waals surface area contributed by atoms with Crippen molar-refractivity contribution in [1.82, 2.24) is 10.2 Å². The largest absolute Gasteiger partial charge is 0.464 e. The molecule has 126 valence electrons. The number of nitrogens with zero attached hydrogens (tertiary/aromatic N) is 1. The number of hydrogen-bond donors (Lipinski definition) is 1. The summed E-state index contributed by atoms with van der Waals surface area (Å²) in [5.41, 5.74) is 0. The Balaban J connectivity index is 1.65. The van der Waals surface area contributed by atoms with Gasteiger partial charge in [0.1, 0.15) is 17.6 Å². The first-order valence-corrected chi connectivity index (χ1v) is 9.52. The number of likely N-dealkylation sites (tertiary alicyclic amines) is 1. The van der Waals surface area contributed by atoms with Crippen LogP contribution in [0.25, 0.3) is 0 Å². The molecule has 2 aliphatic rings. The standard InChI is InChI=1S/C15H20N2O5S/c1-10-2-3-12(22-10)8-17-13(4-5-14(17)18)15(19)16-11-6-7-23(20,21)9-11/h2-3,11,13H,4-9H2,1H3,(H,16,19)/t11-,13+/m0/s1. The number of hydrogen-bond acceptors (Lipinski definition) is 5. The average molecular weight is 340 g/mol. The van der Waals surface area contributed by atoms with Crippen molar-refractivity contribution in [3.63, 3.8) is 0 Å². The van der Waals surface area contributed by atoms with Gasteiger partial charge in [0.15, 0.2) is 9.84 Å². The second-order valence-electron chi connectivity index (χ2n) is 6.20. The molecule has 8 heteroatoms. The van der Waals surface area contributed by atoms with Gasteiger partial charge in [0, 0.05) is 12.5 Å². The first kappa shape index (κ1) is 16.0. The summed E-state index contributed by atoms with van der Waals surface area (Å²) in [5.74, 6) is 1.12. The smallest absolute Gasteiger partial charge is 0.243 e. The molecule has 2 atom stereocenters. The third-order valence-electron chi connectivity index (χ3n) is 4.33. The van der Waals surface area contributed by atoms with Gasteiger partial charge in [-0.15, -0.1) is 0 Å². The first-order valence-electron chi connectivity index (χ1n) is 7.70. The van der Waals surface area contributed by atoms with E-state index in [1.165, 1.54) is 4.90 Å². The molecule has 0 radical (unpaired) electrons. The second-order valence-corrected chi connectivity index (χ2v) is 8.43. The monoisotopic (exact) mass is 340 g/mol. The molecule has 2 aliphatic heterocycles. The lowest BCUT2D eigenvalue weighted by molar-refractivity contribution is -0.136. The van der Waals surface area contributed by atoms with Crippen molar-refractivity contribution >= 4 is 21.7 Å². The van der Waals surface area contributed by atoms with Crippen LogP contribution in [0.5, 0.6) is 0 Å². The Bertz CT molecular complexity index is 724. The number of rotatable bonds is 4. The number of amides is 2. The quantitative estimate of drug-likeness (QED) is 0.855. The molecule has 2 amide bonds. The maximum atomic E-state index is 12.4. The predicted molar refractivity (Wildman–Crippen MR) is 82.2 cm³/mol. The van der Waals surface area contributed by atoms with E-state index in [1.54, 1.807) is 6.07 Å². The van der Waals surface area contributed by atoms with E-state index in [-0.39, 0.29) is 35.9 Å². The Hall–Kier alpha value is -1.83. The summed E-state index contributed by atoms with van der Waals surface area (Å²) >= 11 is 0. The van der Waals surface area contributed by atoms with E-state index < -0.39 is 15.9 Å². The highest BCUT2D eigenvalue weighted by Crippen LogP contribution is 2.23. The van der Waals surface area contributed by atoms with Crippen LogP contribution in [0.4, 0.5) is 0 Å². The molecule has 7 nitrogen and oxygen atoms in total. The van der Waals surface area contributed by atoms with E-state index in [4.69, 9.17) is 4.42 Å². The summed E-state index contributed by atoms with van der Waals surface area (Å²) in [7, 11) is -3.04. The molecule has 0 unspecified atom stereocenters. The summed E-state index contributed by atoms with van der Waals surface area (Å²) in [6, 6.07) is 2.69. The number of carbonyl (C=O) groups is 2. The maximum Gasteiger partial charge on any atom is 0.243 e. The van der Waals surface area contributed by atoms with Crippen LogP contribution in [0.1, 0.15) is 30.8 Å². The lowest BCUT2D eigenvalue weighted by Crippen LogP contribution is -2.48. The van der Waals surface area contributed by atoms with Crippen molar-refractivity contribution in [2.24, 2.45) is 0 Å². The van der Waals surface area contributed by atoms with Crippen molar-refractivity contribution < 1.29 is 22.4 Å². The van der Waals surface area contributed by atoms with Gasteiger partial charge in [-0.1, -0.05) is 0 Å². The fourth-order valence-electron chi connectivity index (χ4n) is 3.15. The first-order chi connectivity index (χ1) is 10.8. The highest BCUT2D eigenvalue weighted by Gasteiger charge is 2.38. The van der Waals surface area contributed by atoms with E-state index in [1.807, 2.05) is 13.0 Å². The second kappa shape index (κ2) is 5.99. The Labute approximate surface area is 134 Å². The Kier molecular flexibility index (Phi) is 4.18. The lowest BCUT2D eigenvalue weighted by atomic mass is 10.1. The van der Waals surface area contributed by atoms with Gasteiger partial charge in [-0.05, 0) is 31.9 Å². The van der Waals surface area contributed by atoms with E-state index in [0.717, 1.165) is 5.76 Å². The van der Waals surface area contributed by atoms with Crippen LogP contribution in [0.15, 0.2) is 16.5 Å². The normalized spacial score (nSPS) is 26.7. The van der Waals surface area contributed by atoms with E-state index in [2.05, 4.69) is 5.32 Å². The van der Waals surface area contributed by atoms with Crippen LogP contribution in [0, 0.1) is 6.92 Å². The summed E-state index contributed by atoms with van der Waals surface area (Å²) in [4.78, 5) is 26.0. The van der Waals surface area contributed by atoms with E-state index >= 15 is 0 Å². The zero-order chi connectivity index (χ0) is 16.6. The minimum atomic E-state index is -3.04. The van der Waals surface area contributed by atoms with Crippen molar-refractivity contribution in [3.05, 3.63) is 23.7 Å². The van der Waals surface area contributed by atoms with Crippen molar-refractivity contribution in [3.8, 4) is 0 Å². The van der Waals surface area contributed by atoms with Gasteiger partial charge < -0.3 is 14.6 Å². The zero-order valence-corrected chi connectivity index (χ0v) is 13.8. The van der Waals surface area contributed by atoms with Gasteiger partial charge in [-0.3, -0.25) is 9.59 Å². The van der Waals surface area contributed by atoms with Gasteiger partial charge in [-0.2, -0.15) is 0 Å². The maximum absolute atomic E-state index is 12.4. The van der Waals surface area contributed by atoms with Gasteiger partial charge in [0.25, 0.3) is 0 Å². The molecular weight excluding hydrogens is 320 g/mol. The van der Waals surface area contributed by atoms with Crippen LogP contribution in [0.3, 0.4) is 0 Å². The molecule has 1 aromatic heterocycles. The molecular formula is C15H20N2O5S. The third-order valence-corrected chi connectivity index (χ3v) is 6.10. The summed E-state index contributed by atoms with van der Waals surface area (Å²) in [5, 5.41) is 2.78. The van der Waals surface area contributed by atoms with Gasteiger partial charge in [0.2, 0.25) is 11.8 Å². The molecule has 1 aromatic rings. The fraction of sp³-hybridized carbons (Fsp3) is 0.600. The summed E-state index contributed by atoms with van der Waals surface area (Å²) < 4.78 is 28.4. The highest BCUT2D eigenvalue weighted by atomic mass is 32.2. The molecule has 2 saturated heterocycles. The molecule has 1 N–H and O–H groups in total. The predicted octanol–water partition coefficient (Wildman–Crippen LogP) is 0.382. The highest BCUT2D eigenvalue weighted by molar-refractivity contribution is 7.91. The van der Waals surface area contributed by atoms with Crippen LogP contribution in [0.2, 0.25) is 0 Å². The molecule has 0 bridgehead atoms. The number of nitrogens with one attached hydrogen (secondary N) is 1. The third kappa shape index (κ3) is 3.57. The topological polar surface area (TPSA) is 96.7 Å². The van der Waals surface area contributed by atoms with E-state index in [0.29, 0.717) is 25.0 Å². The van der Waals surface area contributed by atoms with Crippen molar-refractivity contribution in [2.45, 2.75) is 44.8 Å². The van der Waals surface area contributed by atoms with Crippen LogP contribution in [-0.2, 0) is 26.0 Å². The Morgan fingerprint density at radius 1 is 1.39 bits per heavy atom. The summed E-state index contributed by atoms with van der Waals surface area (Å²) in [6.07, 6.45) is 1.21. The number of sulfone groups is 1. The minimum absolute atomic E-state index is 0.0171. The molecule has 0 saturated carbocycles. The number of furan rings is 1. The molecule has 0 aromatic carbocycles. The Morgan fingerprint density at radius 2 is 2.17 bits per heavy atom. The molecule has 0 spiro atoms. The zero-order valence-electron chi connectivity index (χ0n) is 12.9. The lowest BCUT2D eigenvalue weighted by Gasteiger charge is -2.24. The number of carbonyl (C=O) groups excluding carboxylic acids is 2. The molecule has 0 aliphatic carbocycles. The van der Waals surface area contributed by atoms with Crippen LogP contribution in [-0.4, -0.2) is 48.7 Å². The molecule has 2 fully saturated rings. The Morgan fingerprint density at radius 3 is 2.78 bits per heavy atom. The van der Waals surface area contributed by atoms with Gasteiger partial charge in [-0.25, -0.2) is 8.42 Å². The number of aryl methyl sites for hydroxylation is 1. The van der Waals surface area contributed by atoms with Crippen LogP contribution < -0.4 is 5.32 Å². The summed E-state index contributed by atoms with van der Waals surface area (Å²) in [6.45, 7) is 2.08. The molecule has 3 rings (SSSR count). The van der Waals surface area contributed by atoms with Crippen molar-refractivity contribution in [2.75, 3.05) is 11.5 Å². The SMILES string of the molecule is Cc1ccc(CN2C(=O)CC[C@@H]2C(=O)N[C@H]2CCS(=O)(=O)C2)o1.